The van der Waals surface area contributed by atoms with Crippen molar-refractivity contribution in [3.8, 4) is 11.6 Å². The van der Waals surface area contributed by atoms with Gasteiger partial charge in [-0.25, -0.2) is 19.6 Å². The number of hydrogen-bond donors (Lipinski definition) is 3. The number of pyridine rings is 1. The maximum atomic E-state index is 13.1. The third kappa shape index (κ3) is 11.0. The Labute approximate surface area is 275 Å². The number of guanidine groups is 1. The predicted molar refractivity (Wildman–Crippen MR) is 169 cm³/mol. The highest BCUT2D eigenvalue weighted by Crippen LogP contribution is 2.32. The van der Waals surface area contributed by atoms with Gasteiger partial charge in [-0.2, -0.15) is 13.2 Å². The molecule has 0 fully saturated rings. The van der Waals surface area contributed by atoms with Gasteiger partial charge in [-0.15, -0.1) is 0 Å². The Morgan fingerprint density at radius 3 is 2.21 bits per heavy atom. The first-order chi connectivity index (χ1) is 22.7. The standard InChI is InChI=1S/C31H37N5O5.C2HF3O2/c1-21(2)26(14-15-29(37)35(3)27(30(38)39)20-40-19-22-10-6-4-7-11-22)36-18-23-16-28(33-17-25(23)34-31(36)32)41-24-12-8-5-9-13-24;3-2(4,5)1(6)7/h4-13,16-17,21,26-27H,14-15,18-20H2,1-3H3,(H2,32,34)(H,38,39);(H,6,7)/t26-,27?;/m0./s1. The van der Waals surface area contributed by atoms with Crippen LogP contribution in [-0.2, 0) is 32.3 Å². The number of alkyl halides is 3. The number of likely N-dealkylation sites (N-methyl/N-ethyl adjacent to an activating group) is 1. The number of carbonyl (C=O) groups is 3. The number of carboxylic acid groups (broad SMARTS) is 2. The van der Waals surface area contributed by atoms with E-state index in [2.05, 4.69) is 23.8 Å². The van der Waals surface area contributed by atoms with Gasteiger partial charge in [0.1, 0.15) is 5.75 Å². The van der Waals surface area contributed by atoms with Crippen molar-refractivity contribution in [2.75, 3.05) is 13.7 Å². The van der Waals surface area contributed by atoms with E-state index in [1.807, 2.05) is 71.6 Å². The number of aliphatic imine (C=N–C) groups is 1. The molecule has 4 N–H and O–H groups in total. The summed E-state index contributed by atoms with van der Waals surface area (Å²) in [6, 6.07) is 19.6. The Kier molecular flexibility index (Phi) is 13.3. The van der Waals surface area contributed by atoms with Crippen molar-refractivity contribution in [3.63, 3.8) is 0 Å². The van der Waals surface area contributed by atoms with Gasteiger partial charge < -0.3 is 35.2 Å². The number of rotatable bonds is 13. The van der Waals surface area contributed by atoms with Crippen molar-refractivity contribution < 1.29 is 47.2 Å². The predicted octanol–water partition coefficient (Wildman–Crippen LogP) is 5.20. The van der Waals surface area contributed by atoms with Gasteiger partial charge >= 0.3 is 18.1 Å². The van der Waals surface area contributed by atoms with Crippen LogP contribution in [0.2, 0.25) is 0 Å². The van der Waals surface area contributed by atoms with Crippen molar-refractivity contribution in [2.45, 2.75) is 58.1 Å². The summed E-state index contributed by atoms with van der Waals surface area (Å²) in [6.07, 6.45) is -2.81. The summed E-state index contributed by atoms with van der Waals surface area (Å²) in [6.45, 7) is 4.77. The number of fused-ring (bicyclic) bond motifs is 1. The smallest absolute Gasteiger partial charge is 0.480 e. The number of carbonyl (C=O) groups excluding carboxylic acids is 1. The fourth-order valence-corrected chi connectivity index (χ4v) is 4.78. The topological polar surface area (TPSA) is 168 Å². The lowest BCUT2D eigenvalue weighted by Crippen LogP contribution is -2.49. The van der Waals surface area contributed by atoms with Crippen LogP contribution in [0.1, 0.15) is 37.8 Å². The lowest BCUT2D eigenvalue weighted by Gasteiger charge is -2.38. The highest BCUT2D eigenvalue weighted by molar-refractivity contribution is 5.85. The van der Waals surface area contributed by atoms with Gasteiger partial charge in [0, 0.05) is 37.7 Å². The zero-order chi connectivity index (χ0) is 35.4. The number of aliphatic carboxylic acids is 2. The molecule has 1 aliphatic heterocycles. The average Bonchev–Trinajstić information content (AvgIpc) is 3.03. The molecule has 258 valence electrons. The monoisotopic (exact) mass is 673 g/mol. The van der Waals surface area contributed by atoms with Crippen molar-refractivity contribution in [1.29, 1.82) is 0 Å². The minimum absolute atomic E-state index is 0.103. The van der Waals surface area contributed by atoms with E-state index >= 15 is 0 Å². The zero-order valence-electron chi connectivity index (χ0n) is 26.6. The Morgan fingerprint density at radius 2 is 1.65 bits per heavy atom. The number of amides is 1. The molecule has 0 bridgehead atoms. The molecule has 1 aliphatic rings. The Hall–Kier alpha value is -5.18. The highest BCUT2D eigenvalue weighted by atomic mass is 19.4. The SMILES string of the molecule is CC(C)[C@H](CCC(=O)N(C)C(COCc1ccccc1)C(=O)O)N1Cc2cc(Oc3ccccc3)ncc2N=C1N.O=C(O)C(F)(F)F. The normalized spacial score (nSPS) is 13.7. The fourth-order valence-electron chi connectivity index (χ4n) is 4.78. The summed E-state index contributed by atoms with van der Waals surface area (Å²) < 4.78 is 43.3. The molecule has 2 heterocycles. The van der Waals surface area contributed by atoms with Crippen LogP contribution >= 0.6 is 0 Å². The van der Waals surface area contributed by atoms with E-state index in [-0.39, 0.29) is 37.5 Å². The number of ether oxygens (including phenoxy) is 2. The van der Waals surface area contributed by atoms with Crippen LogP contribution in [0.5, 0.6) is 11.6 Å². The van der Waals surface area contributed by atoms with Gasteiger partial charge in [0.05, 0.1) is 25.1 Å². The molecule has 15 heteroatoms. The summed E-state index contributed by atoms with van der Waals surface area (Å²) in [7, 11) is 1.51. The molecular formula is C33H38F3N5O7. The van der Waals surface area contributed by atoms with Crippen LogP contribution in [0.3, 0.4) is 0 Å². The van der Waals surface area contributed by atoms with Crippen molar-refractivity contribution in [1.82, 2.24) is 14.8 Å². The summed E-state index contributed by atoms with van der Waals surface area (Å²) in [5.74, 6) is -2.50. The average molecular weight is 674 g/mol. The molecule has 1 aromatic heterocycles. The number of halogens is 3. The highest BCUT2D eigenvalue weighted by Gasteiger charge is 2.38. The van der Waals surface area contributed by atoms with Crippen molar-refractivity contribution >= 4 is 29.5 Å². The zero-order valence-corrected chi connectivity index (χ0v) is 26.6. The Balaban J connectivity index is 0.000000804. The quantitative estimate of drug-likeness (QED) is 0.219. The number of carboxylic acids is 2. The van der Waals surface area contributed by atoms with Gasteiger partial charge in [0.2, 0.25) is 11.8 Å². The lowest BCUT2D eigenvalue weighted by molar-refractivity contribution is -0.192. The molecule has 3 aromatic rings. The molecule has 4 rings (SSSR count). The van der Waals surface area contributed by atoms with Gasteiger partial charge in [-0.1, -0.05) is 62.4 Å². The van der Waals surface area contributed by atoms with Gasteiger partial charge in [0.25, 0.3) is 0 Å². The number of para-hydroxylation sites is 1. The molecule has 0 spiro atoms. The van der Waals surface area contributed by atoms with E-state index in [1.165, 1.54) is 11.9 Å². The van der Waals surface area contributed by atoms with Crippen LogP contribution in [0.25, 0.3) is 0 Å². The molecule has 2 atom stereocenters. The van der Waals surface area contributed by atoms with Gasteiger partial charge in [-0.3, -0.25) is 4.79 Å². The molecular weight excluding hydrogens is 635 g/mol. The summed E-state index contributed by atoms with van der Waals surface area (Å²) in [5, 5.41) is 16.9. The lowest BCUT2D eigenvalue weighted by atomic mass is 9.96. The molecule has 1 amide bonds. The third-order valence-electron chi connectivity index (χ3n) is 7.38. The van der Waals surface area contributed by atoms with Gasteiger partial charge in [-0.05, 0) is 30.0 Å². The second kappa shape index (κ2) is 17.1. The third-order valence-corrected chi connectivity index (χ3v) is 7.38. The number of hydrogen-bond acceptors (Lipinski definition) is 9. The van der Waals surface area contributed by atoms with Crippen molar-refractivity contribution in [3.05, 3.63) is 84.1 Å². The van der Waals surface area contributed by atoms with Crippen LogP contribution in [0.15, 0.2) is 77.9 Å². The van der Waals surface area contributed by atoms with Crippen LogP contribution in [0, 0.1) is 5.92 Å². The minimum atomic E-state index is -5.08. The Morgan fingerprint density at radius 1 is 1.04 bits per heavy atom. The number of nitrogens with zero attached hydrogens (tertiary/aromatic N) is 4. The molecule has 2 aromatic carbocycles. The Bertz CT molecular complexity index is 1560. The molecule has 0 saturated heterocycles. The first-order valence-corrected chi connectivity index (χ1v) is 14.9. The van der Waals surface area contributed by atoms with E-state index in [4.69, 9.17) is 25.1 Å². The van der Waals surface area contributed by atoms with Gasteiger partial charge in [0.15, 0.2) is 12.0 Å². The van der Waals surface area contributed by atoms with E-state index in [9.17, 15) is 27.9 Å². The summed E-state index contributed by atoms with van der Waals surface area (Å²) in [5.41, 5.74) is 8.90. The molecule has 0 aliphatic carbocycles. The van der Waals surface area contributed by atoms with E-state index in [0.717, 1.165) is 11.1 Å². The maximum absolute atomic E-state index is 13.1. The van der Waals surface area contributed by atoms with Crippen LogP contribution < -0.4 is 10.5 Å². The number of nitrogens with two attached hydrogens (primary N) is 1. The number of aromatic nitrogens is 1. The maximum Gasteiger partial charge on any atom is 0.490 e. The van der Waals surface area contributed by atoms with Crippen molar-refractivity contribution in [2.24, 2.45) is 16.6 Å². The molecule has 12 nitrogen and oxygen atoms in total. The van der Waals surface area contributed by atoms with Crippen LogP contribution in [0.4, 0.5) is 18.9 Å². The second-order valence-electron chi connectivity index (χ2n) is 11.2. The minimum Gasteiger partial charge on any atom is -0.480 e. The first-order valence-electron chi connectivity index (χ1n) is 14.9. The van der Waals surface area contributed by atoms with E-state index < -0.39 is 24.2 Å². The fraction of sp³-hybridized carbons (Fsp3) is 0.364. The van der Waals surface area contributed by atoms with Crippen LogP contribution in [-0.4, -0.2) is 80.7 Å². The summed E-state index contributed by atoms with van der Waals surface area (Å²) in [4.78, 5) is 46.2. The molecule has 0 radical (unpaired) electrons. The number of benzene rings is 2. The van der Waals surface area contributed by atoms with E-state index in [0.29, 0.717) is 36.2 Å². The molecule has 48 heavy (non-hydrogen) atoms. The molecule has 0 saturated carbocycles. The second-order valence-corrected chi connectivity index (χ2v) is 11.2. The first kappa shape index (κ1) is 37.3. The summed E-state index contributed by atoms with van der Waals surface area (Å²) >= 11 is 0. The molecule has 1 unspecified atom stereocenters. The van der Waals surface area contributed by atoms with E-state index in [1.54, 1.807) is 6.20 Å². The largest absolute Gasteiger partial charge is 0.490 e.